The van der Waals surface area contributed by atoms with Crippen LogP contribution in [0.3, 0.4) is 0 Å². The number of carbonyl (C=O) groups is 1. The normalized spacial score (nSPS) is 10.6. The van der Waals surface area contributed by atoms with Gasteiger partial charge in [0.25, 0.3) is 0 Å². The Kier molecular flexibility index (Phi) is 6.11. The minimum Gasteiger partial charge on any atom is -0.469 e. The van der Waals surface area contributed by atoms with Gasteiger partial charge in [-0.05, 0) is 56.3 Å². The number of ether oxygens (including phenoxy) is 2. The molecule has 0 amide bonds. The number of rotatable bonds is 6. The Bertz CT molecular complexity index is 1370. The third kappa shape index (κ3) is 4.56. The van der Waals surface area contributed by atoms with Gasteiger partial charge in [-0.1, -0.05) is 11.6 Å². The van der Waals surface area contributed by atoms with Gasteiger partial charge in [0.05, 0.1) is 29.1 Å². The molecule has 0 aliphatic carbocycles. The summed E-state index contributed by atoms with van der Waals surface area (Å²) in [4.78, 5) is 11.3. The van der Waals surface area contributed by atoms with Crippen molar-refractivity contribution in [1.29, 1.82) is 5.26 Å². The Hall–Kier alpha value is -4.16. The van der Waals surface area contributed by atoms with Gasteiger partial charge in [-0.3, -0.25) is 4.79 Å². The first-order valence-electron chi connectivity index (χ1n) is 9.83. The predicted molar refractivity (Wildman–Crippen MR) is 118 cm³/mol. The Morgan fingerprint density at radius 3 is 2.61 bits per heavy atom. The predicted octanol–water partition coefficient (Wildman–Crippen LogP) is 4.57. The molecule has 0 unspecified atom stereocenters. The number of aromatic nitrogens is 4. The number of hydrogen-bond acceptors (Lipinski definition) is 8. The lowest BCUT2D eigenvalue weighted by atomic mass is 10.2. The molecule has 0 atom stereocenters. The monoisotopic (exact) mass is 463 g/mol. The minimum atomic E-state index is -0.455. The van der Waals surface area contributed by atoms with E-state index in [0.717, 1.165) is 11.4 Å². The van der Waals surface area contributed by atoms with E-state index in [2.05, 4.69) is 20.0 Å². The topological polar surface area (TPSA) is 116 Å². The first-order valence-corrected chi connectivity index (χ1v) is 10.2. The highest BCUT2D eigenvalue weighted by Crippen LogP contribution is 2.32. The third-order valence-electron chi connectivity index (χ3n) is 4.85. The van der Waals surface area contributed by atoms with Gasteiger partial charge in [0.15, 0.2) is 5.75 Å². The van der Waals surface area contributed by atoms with E-state index < -0.39 is 5.97 Å². The van der Waals surface area contributed by atoms with E-state index >= 15 is 0 Å². The average molecular weight is 464 g/mol. The highest BCUT2D eigenvalue weighted by Gasteiger charge is 2.17. The molecular formula is C23H18ClN5O4. The van der Waals surface area contributed by atoms with Gasteiger partial charge < -0.3 is 13.9 Å². The summed E-state index contributed by atoms with van der Waals surface area (Å²) in [6.45, 7) is 3.73. The average Bonchev–Trinajstić information content (AvgIpc) is 3.39. The number of carbonyl (C=O) groups excluding carboxylic acids is 1. The van der Waals surface area contributed by atoms with Crippen LogP contribution >= 0.6 is 11.6 Å². The summed E-state index contributed by atoms with van der Waals surface area (Å²) < 4.78 is 17.9. The van der Waals surface area contributed by atoms with Crippen LogP contribution in [0.5, 0.6) is 11.5 Å². The van der Waals surface area contributed by atoms with Gasteiger partial charge in [-0.2, -0.15) is 10.4 Å². The molecule has 9 nitrogen and oxygen atoms in total. The van der Waals surface area contributed by atoms with E-state index in [1.807, 2.05) is 19.9 Å². The zero-order valence-electron chi connectivity index (χ0n) is 18.0. The molecule has 33 heavy (non-hydrogen) atoms. The molecule has 2 aromatic carbocycles. The largest absolute Gasteiger partial charge is 0.469 e. The number of hydrogen-bond donors (Lipinski definition) is 0. The molecule has 0 N–H and O–H groups in total. The summed E-state index contributed by atoms with van der Waals surface area (Å²) in [5, 5.41) is 21.8. The molecular weight excluding hydrogens is 446 g/mol. The Morgan fingerprint density at radius 2 is 1.94 bits per heavy atom. The molecule has 2 heterocycles. The van der Waals surface area contributed by atoms with Crippen LogP contribution in [0.2, 0.25) is 5.02 Å². The minimum absolute atomic E-state index is 0.0856. The van der Waals surface area contributed by atoms with Crippen molar-refractivity contribution in [1.82, 2.24) is 20.0 Å². The van der Waals surface area contributed by atoms with Crippen molar-refractivity contribution in [2.45, 2.75) is 20.3 Å². The van der Waals surface area contributed by atoms with Crippen LogP contribution in [0.4, 0.5) is 0 Å². The summed E-state index contributed by atoms with van der Waals surface area (Å²) in [6, 6.07) is 14.3. The van der Waals surface area contributed by atoms with Crippen LogP contribution in [0.1, 0.15) is 22.8 Å². The van der Waals surface area contributed by atoms with E-state index in [1.54, 1.807) is 47.1 Å². The zero-order valence-corrected chi connectivity index (χ0v) is 18.8. The maximum Gasteiger partial charge on any atom is 0.315 e. The summed E-state index contributed by atoms with van der Waals surface area (Å²) in [6.07, 6.45) is -0.0856. The molecule has 2 aromatic heterocycles. The van der Waals surface area contributed by atoms with Crippen LogP contribution in [0.25, 0.3) is 17.1 Å². The van der Waals surface area contributed by atoms with Crippen molar-refractivity contribution >= 4 is 17.6 Å². The van der Waals surface area contributed by atoms with Gasteiger partial charge in [0.2, 0.25) is 11.8 Å². The van der Waals surface area contributed by atoms with Crippen LogP contribution in [-0.2, 0) is 16.0 Å². The number of methoxy groups -OCH3 is 1. The number of aryl methyl sites for hydroxylation is 1. The SMILES string of the molecule is COC(=O)Cc1nnc(-c2ccc(Oc3c(C)nn(-c4ccc(C#N)c(Cl)c4)c3C)cc2)o1. The van der Waals surface area contributed by atoms with Gasteiger partial charge in [-0.15, -0.1) is 10.2 Å². The van der Waals surface area contributed by atoms with Gasteiger partial charge in [0, 0.05) is 5.56 Å². The standard InChI is InChI=1S/C23H18ClN5O4/c1-13-22(14(2)29(28-13)17-7-4-16(12-25)19(24)10-17)32-18-8-5-15(6-9-18)23-27-26-20(33-23)11-21(30)31-3/h4-10H,11H2,1-3H3. The zero-order chi connectivity index (χ0) is 23.5. The second-order valence-electron chi connectivity index (χ2n) is 7.07. The quantitative estimate of drug-likeness (QED) is 0.382. The Balaban J connectivity index is 1.54. The fourth-order valence-corrected chi connectivity index (χ4v) is 3.39. The number of nitriles is 1. The third-order valence-corrected chi connectivity index (χ3v) is 5.17. The van der Waals surface area contributed by atoms with Crippen LogP contribution < -0.4 is 4.74 Å². The Labute approximate surface area is 194 Å². The maximum atomic E-state index is 11.3. The summed E-state index contributed by atoms with van der Waals surface area (Å²) in [5.74, 6) is 1.22. The van der Waals surface area contributed by atoms with Gasteiger partial charge >= 0.3 is 5.97 Å². The van der Waals surface area contributed by atoms with Crippen molar-refractivity contribution in [2.24, 2.45) is 0 Å². The first-order chi connectivity index (χ1) is 15.9. The van der Waals surface area contributed by atoms with Crippen LogP contribution in [-0.4, -0.2) is 33.1 Å². The van der Waals surface area contributed by atoms with Crippen LogP contribution in [0.15, 0.2) is 46.9 Å². The lowest BCUT2D eigenvalue weighted by molar-refractivity contribution is -0.140. The Morgan fingerprint density at radius 1 is 1.18 bits per heavy atom. The lowest BCUT2D eigenvalue weighted by Crippen LogP contribution is -2.04. The van der Waals surface area contributed by atoms with E-state index in [1.165, 1.54) is 7.11 Å². The van der Waals surface area contributed by atoms with E-state index in [0.29, 0.717) is 39.2 Å². The van der Waals surface area contributed by atoms with E-state index in [-0.39, 0.29) is 12.3 Å². The molecule has 0 aliphatic heterocycles. The smallest absolute Gasteiger partial charge is 0.315 e. The molecule has 0 fully saturated rings. The first kappa shape index (κ1) is 22.0. The lowest BCUT2D eigenvalue weighted by Gasteiger charge is -2.08. The molecule has 0 saturated heterocycles. The molecule has 4 rings (SSSR count). The van der Waals surface area contributed by atoms with Crippen molar-refractivity contribution in [3.05, 3.63) is 70.3 Å². The van der Waals surface area contributed by atoms with Crippen LogP contribution in [0, 0.1) is 25.2 Å². The fraction of sp³-hybridized carbons (Fsp3) is 0.174. The fourth-order valence-electron chi connectivity index (χ4n) is 3.17. The molecule has 0 saturated carbocycles. The van der Waals surface area contributed by atoms with E-state index in [9.17, 15) is 4.79 Å². The van der Waals surface area contributed by atoms with Crippen molar-refractivity contribution in [3.63, 3.8) is 0 Å². The molecule has 0 aliphatic rings. The summed E-state index contributed by atoms with van der Waals surface area (Å²) in [5.41, 5.74) is 3.28. The molecule has 4 aromatic rings. The van der Waals surface area contributed by atoms with Crippen molar-refractivity contribution < 1.29 is 18.7 Å². The molecule has 166 valence electrons. The van der Waals surface area contributed by atoms with Gasteiger partial charge in [-0.25, -0.2) is 4.68 Å². The second-order valence-corrected chi connectivity index (χ2v) is 7.48. The van der Waals surface area contributed by atoms with Crippen molar-refractivity contribution in [2.75, 3.05) is 7.11 Å². The summed E-state index contributed by atoms with van der Waals surface area (Å²) in [7, 11) is 1.30. The number of halogens is 1. The molecule has 10 heteroatoms. The maximum absolute atomic E-state index is 11.3. The van der Waals surface area contributed by atoms with Gasteiger partial charge in [0.1, 0.15) is 23.9 Å². The highest BCUT2D eigenvalue weighted by atomic mass is 35.5. The molecule has 0 radical (unpaired) electrons. The van der Waals surface area contributed by atoms with Crippen molar-refractivity contribution in [3.8, 4) is 34.7 Å². The number of benzene rings is 2. The second kappa shape index (κ2) is 9.14. The van der Waals surface area contributed by atoms with E-state index in [4.69, 9.17) is 26.0 Å². The number of nitrogens with zero attached hydrogens (tertiary/aromatic N) is 5. The highest BCUT2D eigenvalue weighted by molar-refractivity contribution is 6.31. The number of esters is 1. The summed E-state index contributed by atoms with van der Waals surface area (Å²) >= 11 is 6.17. The molecule has 0 bridgehead atoms. The molecule has 0 spiro atoms.